The van der Waals surface area contributed by atoms with E-state index in [0.717, 1.165) is 37.8 Å². The minimum atomic E-state index is 0.476. The first kappa shape index (κ1) is 15.4. The molecule has 104 valence electrons. The van der Waals surface area contributed by atoms with Crippen LogP contribution in [0.25, 0.3) is 0 Å². The van der Waals surface area contributed by atoms with Crippen molar-refractivity contribution in [2.75, 3.05) is 31.7 Å². The SMILES string of the molecule is CCN(CC)c1ncc(CNC(C)CCOC)s1. The lowest BCUT2D eigenvalue weighted by Gasteiger charge is -2.16. The molecule has 1 rings (SSSR count). The van der Waals surface area contributed by atoms with Crippen molar-refractivity contribution in [2.45, 2.75) is 39.8 Å². The number of aromatic nitrogens is 1. The standard InChI is InChI=1S/C13H25N3OS/c1-5-16(6-2)13-15-10-12(18-13)9-14-11(3)7-8-17-4/h10-11,14H,5-9H2,1-4H3. The molecule has 1 N–H and O–H groups in total. The van der Waals surface area contributed by atoms with Gasteiger partial charge in [0, 0.05) is 50.5 Å². The fourth-order valence-corrected chi connectivity index (χ4v) is 2.68. The molecule has 5 heteroatoms. The van der Waals surface area contributed by atoms with Crippen LogP contribution in [0.2, 0.25) is 0 Å². The highest BCUT2D eigenvalue weighted by atomic mass is 32.1. The highest BCUT2D eigenvalue weighted by molar-refractivity contribution is 7.15. The molecule has 0 saturated heterocycles. The van der Waals surface area contributed by atoms with E-state index >= 15 is 0 Å². The highest BCUT2D eigenvalue weighted by Crippen LogP contribution is 2.22. The van der Waals surface area contributed by atoms with Crippen LogP contribution in [0, 0.1) is 0 Å². The van der Waals surface area contributed by atoms with Crippen LogP contribution in [0.3, 0.4) is 0 Å². The number of hydrogen-bond donors (Lipinski definition) is 1. The van der Waals surface area contributed by atoms with Crippen LogP contribution >= 0.6 is 11.3 Å². The van der Waals surface area contributed by atoms with E-state index in [1.54, 1.807) is 18.4 Å². The Morgan fingerprint density at radius 1 is 1.44 bits per heavy atom. The summed E-state index contributed by atoms with van der Waals surface area (Å²) in [6.07, 6.45) is 3.02. The van der Waals surface area contributed by atoms with Crippen molar-refractivity contribution in [3.63, 3.8) is 0 Å². The Morgan fingerprint density at radius 3 is 2.78 bits per heavy atom. The van der Waals surface area contributed by atoms with E-state index in [4.69, 9.17) is 4.74 Å². The number of rotatable bonds is 9. The molecule has 0 aliphatic heterocycles. The first-order valence-corrected chi connectivity index (χ1v) is 7.44. The van der Waals surface area contributed by atoms with Crippen LogP contribution in [-0.2, 0) is 11.3 Å². The molecule has 0 spiro atoms. The predicted octanol–water partition coefficient (Wildman–Crippen LogP) is 2.50. The first-order chi connectivity index (χ1) is 8.71. The molecule has 1 unspecified atom stereocenters. The number of hydrogen-bond acceptors (Lipinski definition) is 5. The van der Waals surface area contributed by atoms with Crippen LogP contribution in [0.15, 0.2) is 6.20 Å². The summed E-state index contributed by atoms with van der Waals surface area (Å²) in [5.41, 5.74) is 0. The second-order valence-corrected chi connectivity index (χ2v) is 5.44. The Balaban J connectivity index is 2.39. The summed E-state index contributed by atoms with van der Waals surface area (Å²) in [5.74, 6) is 0. The summed E-state index contributed by atoms with van der Waals surface area (Å²) in [5, 5.41) is 4.62. The van der Waals surface area contributed by atoms with Crippen LogP contribution in [-0.4, -0.2) is 37.8 Å². The molecular formula is C13H25N3OS. The van der Waals surface area contributed by atoms with E-state index in [1.165, 1.54) is 4.88 Å². The van der Waals surface area contributed by atoms with E-state index < -0.39 is 0 Å². The first-order valence-electron chi connectivity index (χ1n) is 6.63. The second kappa shape index (κ2) is 8.45. The molecule has 0 aliphatic rings. The Kier molecular flexibility index (Phi) is 7.23. The van der Waals surface area contributed by atoms with Gasteiger partial charge in [0.05, 0.1) is 0 Å². The van der Waals surface area contributed by atoms with E-state index in [-0.39, 0.29) is 0 Å². The molecule has 1 aromatic rings. The van der Waals surface area contributed by atoms with E-state index in [0.29, 0.717) is 6.04 Å². The molecule has 1 atom stereocenters. The Hall–Kier alpha value is -0.650. The van der Waals surface area contributed by atoms with Gasteiger partial charge in [-0.05, 0) is 27.2 Å². The number of thiazole rings is 1. The number of anilines is 1. The highest BCUT2D eigenvalue weighted by Gasteiger charge is 2.08. The van der Waals surface area contributed by atoms with Crippen molar-refractivity contribution in [2.24, 2.45) is 0 Å². The van der Waals surface area contributed by atoms with Crippen molar-refractivity contribution in [1.29, 1.82) is 0 Å². The van der Waals surface area contributed by atoms with Crippen LogP contribution in [0.4, 0.5) is 5.13 Å². The lowest BCUT2D eigenvalue weighted by molar-refractivity contribution is 0.185. The third-order valence-electron chi connectivity index (χ3n) is 2.96. The largest absolute Gasteiger partial charge is 0.385 e. The van der Waals surface area contributed by atoms with E-state index in [2.05, 4.69) is 36.0 Å². The quantitative estimate of drug-likeness (QED) is 0.749. The average Bonchev–Trinajstić information content (AvgIpc) is 2.84. The fourth-order valence-electron chi connectivity index (χ4n) is 1.69. The lowest BCUT2D eigenvalue weighted by atomic mass is 10.2. The van der Waals surface area contributed by atoms with Crippen molar-refractivity contribution in [3.8, 4) is 0 Å². The second-order valence-electron chi connectivity index (χ2n) is 4.34. The van der Waals surface area contributed by atoms with Crippen molar-refractivity contribution >= 4 is 16.5 Å². The smallest absolute Gasteiger partial charge is 0.185 e. The molecule has 1 aromatic heterocycles. The summed E-state index contributed by atoms with van der Waals surface area (Å²) < 4.78 is 5.07. The van der Waals surface area contributed by atoms with Gasteiger partial charge in [-0.25, -0.2) is 4.98 Å². The van der Waals surface area contributed by atoms with Gasteiger partial charge in [-0.15, -0.1) is 11.3 Å². The number of nitrogens with one attached hydrogen (secondary N) is 1. The normalized spacial score (nSPS) is 12.7. The summed E-state index contributed by atoms with van der Waals surface area (Å²) in [4.78, 5) is 8.05. The van der Waals surface area contributed by atoms with Crippen molar-refractivity contribution in [3.05, 3.63) is 11.1 Å². The van der Waals surface area contributed by atoms with E-state index in [9.17, 15) is 0 Å². The maximum atomic E-state index is 5.07. The fraction of sp³-hybridized carbons (Fsp3) is 0.769. The van der Waals surface area contributed by atoms with E-state index in [1.807, 2.05) is 6.20 Å². The Morgan fingerprint density at radius 2 is 2.17 bits per heavy atom. The van der Waals surface area contributed by atoms with Gasteiger partial charge in [-0.3, -0.25) is 0 Å². The average molecular weight is 271 g/mol. The van der Waals surface area contributed by atoms with Gasteiger partial charge in [-0.2, -0.15) is 0 Å². The molecule has 0 saturated carbocycles. The molecule has 0 aliphatic carbocycles. The number of methoxy groups -OCH3 is 1. The predicted molar refractivity (Wildman–Crippen MR) is 78.5 cm³/mol. The molecule has 0 amide bonds. The minimum Gasteiger partial charge on any atom is -0.385 e. The summed E-state index contributed by atoms with van der Waals surface area (Å²) >= 11 is 1.78. The van der Waals surface area contributed by atoms with Gasteiger partial charge in [-0.1, -0.05) is 0 Å². The molecule has 0 aromatic carbocycles. The zero-order chi connectivity index (χ0) is 13.4. The van der Waals surface area contributed by atoms with Gasteiger partial charge in [0.2, 0.25) is 0 Å². The van der Waals surface area contributed by atoms with Crippen LogP contribution in [0.1, 0.15) is 32.1 Å². The van der Waals surface area contributed by atoms with Gasteiger partial charge < -0.3 is 15.0 Å². The topological polar surface area (TPSA) is 37.4 Å². The number of nitrogens with zero attached hydrogens (tertiary/aromatic N) is 2. The Labute approximate surface area is 114 Å². The third-order valence-corrected chi connectivity index (χ3v) is 4.01. The molecule has 4 nitrogen and oxygen atoms in total. The maximum absolute atomic E-state index is 5.07. The number of ether oxygens (including phenoxy) is 1. The van der Waals surface area contributed by atoms with Crippen molar-refractivity contribution in [1.82, 2.24) is 10.3 Å². The summed E-state index contributed by atoms with van der Waals surface area (Å²) in [6, 6.07) is 0.476. The van der Waals surface area contributed by atoms with Crippen LogP contribution < -0.4 is 10.2 Å². The molecule has 1 heterocycles. The molecule has 0 radical (unpaired) electrons. The molecule has 0 bridgehead atoms. The molecular weight excluding hydrogens is 246 g/mol. The summed E-state index contributed by atoms with van der Waals surface area (Å²) in [7, 11) is 1.74. The van der Waals surface area contributed by atoms with Crippen LogP contribution in [0.5, 0.6) is 0 Å². The zero-order valence-corrected chi connectivity index (χ0v) is 12.7. The zero-order valence-electron chi connectivity index (χ0n) is 11.9. The van der Waals surface area contributed by atoms with Gasteiger partial charge >= 0.3 is 0 Å². The van der Waals surface area contributed by atoms with Gasteiger partial charge in [0.25, 0.3) is 0 Å². The Bertz CT molecular complexity index is 326. The monoisotopic (exact) mass is 271 g/mol. The van der Waals surface area contributed by atoms with Gasteiger partial charge in [0.15, 0.2) is 5.13 Å². The third kappa shape index (κ3) is 4.92. The summed E-state index contributed by atoms with van der Waals surface area (Å²) in [6.45, 7) is 10.2. The van der Waals surface area contributed by atoms with Gasteiger partial charge in [0.1, 0.15) is 0 Å². The van der Waals surface area contributed by atoms with Crippen molar-refractivity contribution < 1.29 is 4.74 Å². The molecule has 0 fully saturated rings. The maximum Gasteiger partial charge on any atom is 0.185 e. The molecule has 18 heavy (non-hydrogen) atoms. The minimum absolute atomic E-state index is 0.476. The lowest BCUT2D eigenvalue weighted by Crippen LogP contribution is -2.26.